The maximum atomic E-state index is 12.3. The Kier molecular flexibility index (Phi) is 4.88. The second kappa shape index (κ2) is 6.31. The third-order valence-corrected chi connectivity index (χ3v) is 5.86. The number of thiophene rings is 1. The van der Waals surface area contributed by atoms with E-state index < -0.39 is 10.0 Å². The second-order valence-corrected chi connectivity index (χ2v) is 7.98. The van der Waals surface area contributed by atoms with Gasteiger partial charge < -0.3 is 5.32 Å². The number of anilines is 1. The van der Waals surface area contributed by atoms with Gasteiger partial charge in [-0.15, -0.1) is 11.3 Å². The summed E-state index contributed by atoms with van der Waals surface area (Å²) in [7, 11) is -2.00. The van der Waals surface area contributed by atoms with E-state index in [1.165, 1.54) is 12.3 Å². The number of rotatable bonds is 5. The van der Waals surface area contributed by atoms with E-state index in [0.717, 1.165) is 9.75 Å². The van der Waals surface area contributed by atoms with Crippen molar-refractivity contribution in [1.29, 1.82) is 0 Å². The first-order valence-corrected chi connectivity index (χ1v) is 8.93. The molecular formula is C13H16ClN3O2S2. The van der Waals surface area contributed by atoms with Crippen LogP contribution in [0.2, 0.25) is 5.02 Å². The first-order chi connectivity index (χ1) is 9.83. The molecule has 2 heterocycles. The van der Waals surface area contributed by atoms with Crippen molar-refractivity contribution in [3.05, 3.63) is 39.2 Å². The fourth-order valence-corrected chi connectivity index (χ4v) is 4.27. The lowest BCUT2D eigenvalue weighted by molar-refractivity contribution is 0.568. The van der Waals surface area contributed by atoms with Crippen molar-refractivity contribution in [2.24, 2.45) is 0 Å². The predicted octanol–water partition coefficient (Wildman–Crippen LogP) is 3.19. The average Bonchev–Trinajstić information content (AvgIpc) is 2.85. The molecule has 0 aliphatic heterocycles. The summed E-state index contributed by atoms with van der Waals surface area (Å²) in [6.07, 6.45) is 1.28. The van der Waals surface area contributed by atoms with Gasteiger partial charge in [0.2, 0.25) is 10.0 Å². The monoisotopic (exact) mass is 345 g/mol. The number of nitrogens with one attached hydrogen (secondary N) is 2. The van der Waals surface area contributed by atoms with Crippen LogP contribution in [0.1, 0.15) is 22.7 Å². The summed E-state index contributed by atoms with van der Waals surface area (Å²) in [5.41, 5.74) is 0. The van der Waals surface area contributed by atoms with Gasteiger partial charge in [0, 0.05) is 23.0 Å². The normalized spacial score (nSPS) is 13.1. The third kappa shape index (κ3) is 3.74. The van der Waals surface area contributed by atoms with Crippen molar-refractivity contribution in [2.75, 3.05) is 12.4 Å². The lowest BCUT2D eigenvalue weighted by Gasteiger charge is -2.13. The summed E-state index contributed by atoms with van der Waals surface area (Å²) in [5.74, 6) is 0.442. The van der Waals surface area contributed by atoms with Crippen molar-refractivity contribution in [3.63, 3.8) is 0 Å². The minimum atomic E-state index is -3.66. The molecule has 2 aromatic heterocycles. The Labute approximate surface area is 133 Å². The SMILES string of the molecule is CNc1ncc(S(=O)(=O)NC(C)c2ccc(C)s2)cc1Cl. The Balaban J connectivity index is 2.24. The van der Waals surface area contributed by atoms with E-state index in [1.54, 1.807) is 25.3 Å². The molecule has 114 valence electrons. The molecule has 0 spiro atoms. The first-order valence-electron chi connectivity index (χ1n) is 6.25. The largest absolute Gasteiger partial charge is 0.372 e. The first kappa shape index (κ1) is 16.2. The Morgan fingerprint density at radius 2 is 2.10 bits per heavy atom. The molecular weight excluding hydrogens is 330 g/mol. The molecule has 2 N–H and O–H groups in total. The highest BCUT2D eigenvalue weighted by Crippen LogP contribution is 2.26. The summed E-state index contributed by atoms with van der Waals surface area (Å²) >= 11 is 7.54. The molecule has 2 rings (SSSR count). The zero-order valence-corrected chi connectivity index (χ0v) is 14.2. The van der Waals surface area contributed by atoms with Gasteiger partial charge in [-0.1, -0.05) is 11.6 Å². The molecule has 2 aromatic rings. The van der Waals surface area contributed by atoms with Gasteiger partial charge in [-0.05, 0) is 32.0 Å². The fourth-order valence-electron chi connectivity index (χ4n) is 1.80. The molecule has 0 saturated heterocycles. The molecule has 1 atom stereocenters. The maximum Gasteiger partial charge on any atom is 0.242 e. The number of hydrogen-bond acceptors (Lipinski definition) is 5. The molecule has 0 aliphatic rings. The summed E-state index contributed by atoms with van der Waals surface area (Å²) in [6, 6.07) is 4.96. The Hall–Kier alpha value is -1.15. The molecule has 5 nitrogen and oxygen atoms in total. The van der Waals surface area contributed by atoms with Gasteiger partial charge in [0.1, 0.15) is 10.7 Å². The highest BCUT2D eigenvalue weighted by Gasteiger charge is 2.20. The van der Waals surface area contributed by atoms with E-state index >= 15 is 0 Å². The molecule has 0 fully saturated rings. The van der Waals surface area contributed by atoms with E-state index in [-0.39, 0.29) is 16.0 Å². The second-order valence-electron chi connectivity index (χ2n) is 4.54. The predicted molar refractivity (Wildman–Crippen MR) is 86.6 cm³/mol. The van der Waals surface area contributed by atoms with Gasteiger partial charge >= 0.3 is 0 Å². The van der Waals surface area contributed by atoms with Gasteiger partial charge in [0.15, 0.2) is 0 Å². The average molecular weight is 346 g/mol. The van der Waals surface area contributed by atoms with E-state index in [1.807, 2.05) is 19.1 Å². The van der Waals surface area contributed by atoms with Crippen LogP contribution in [-0.4, -0.2) is 20.4 Å². The van der Waals surface area contributed by atoms with Crippen LogP contribution in [0.4, 0.5) is 5.82 Å². The zero-order chi connectivity index (χ0) is 15.6. The van der Waals surface area contributed by atoms with Gasteiger partial charge in [-0.25, -0.2) is 18.1 Å². The summed E-state index contributed by atoms with van der Waals surface area (Å²) in [6.45, 7) is 3.79. The van der Waals surface area contributed by atoms with Gasteiger partial charge in [0.05, 0.1) is 11.1 Å². The minimum Gasteiger partial charge on any atom is -0.372 e. The quantitative estimate of drug-likeness (QED) is 0.873. The Morgan fingerprint density at radius 3 is 2.62 bits per heavy atom. The summed E-state index contributed by atoms with van der Waals surface area (Å²) in [5, 5.41) is 3.05. The highest BCUT2D eigenvalue weighted by atomic mass is 35.5. The maximum absolute atomic E-state index is 12.3. The van der Waals surface area contributed by atoms with Crippen LogP contribution >= 0.6 is 22.9 Å². The van der Waals surface area contributed by atoms with Crippen LogP contribution in [0, 0.1) is 6.92 Å². The molecule has 0 bridgehead atoms. The van der Waals surface area contributed by atoms with E-state index in [2.05, 4.69) is 15.0 Å². The molecule has 0 amide bonds. The van der Waals surface area contributed by atoms with Crippen LogP contribution in [0.3, 0.4) is 0 Å². The number of hydrogen-bond donors (Lipinski definition) is 2. The number of aryl methyl sites for hydroxylation is 1. The van der Waals surface area contributed by atoms with Gasteiger partial charge in [-0.2, -0.15) is 0 Å². The van der Waals surface area contributed by atoms with Crippen molar-refractivity contribution < 1.29 is 8.42 Å². The van der Waals surface area contributed by atoms with Crippen LogP contribution in [-0.2, 0) is 10.0 Å². The summed E-state index contributed by atoms with van der Waals surface area (Å²) < 4.78 is 27.3. The highest BCUT2D eigenvalue weighted by molar-refractivity contribution is 7.89. The van der Waals surface area contributed by atoms with E-state index in [9.17, 15) is 8.42 Å². The van der Waals surface area contributed by atoms with Crippen LogP contribution in [0.5, 0.6) is 0 Å². The molecule has 8 heteroatoms. The fraction of sp³-hybridized carbons (Fsp3) is 0.308. The number of sulfonamides is 1. The van der Waals surface area contributed by atoms with E-state index in [0.29, 0.717) is 5.82 Å². The molecule has 0 saturated carbocycles. The standard InChI is InChI=1S/C13H16ClN3O2S2/c1-8-4-5-12(20-8)9(2)17-21(18,19)10-6-11(14)13(15-3)16-7-10/h4-7,9,17H,1-3H3,(H,15,16). The molecule has 0 radical (unpaired) electrons. The molecule has 0 aliphatic carbocycles. The Bertz CT molecular complexity index is 744. The van der Waals surface area contributed by atoms with Crippen molar-refractivity contribution in [2.45, 2.75) is 24.8 Å². The van der Waals surface area contributed by atoms with Gasteiger partial charge in [-0.3, -0.25) is 0 Å². The van der Waals surface area contributed by atoms with Crippen LogP contribution < -0.4 is 10.0 Å². The third-order valence-electron chi connectivity index (χ3n) is 2.88. The zero-order valence-electron chi connectivity index (χ0n) is 11.8. The number of nitrogens with zero attached hydrogens (tertiary/aromatic N) is 1. The van der Waals surface area contributed by atoms with Crippen LogP contribution in [0.15, 0.2) is 29.3 Å². The molecule has 1 unspecified atom stereocenters. The minimum absolute atomic E-state index is 0.0478. The lowest BCUT2D eigenvalue weighted by atomic mass is 10.3. The van der Waals surface area contributed by atoms with Gasteiger partial charge in [0.25, 0.3) is 0 Å². The number of aromatic nitrogens is 1. The molecule has 0 aromatic carbocycles. The van der Waals surface area contributed by atoms with Crippen LogP contribution in [0.25, 0.3) is 0 Å². The Morgan fingerprint density at radius 1 is 1.38 bits per heavy atom. The number of halogens is 1. The number of pyridine rings is 1. The lowest BCUT2D eigenvalue weighted by Crippen LogP contribution is -2.26. The molecule has 21 heavy (non-hydrogen) atoms. The van der Waals surface area contributed by atoms with Crippen molar-refractivity contribution >= 4 is 38.8 Å². The smallest absolute Gasteiger partial charge is 0.242 e. The topological polar surface area (TPSA) is 71.1 Å². The van der Waals surface area contributed by atoms with Crippen molar-refractivity contribution in [3.8, 4) is 0 Å². The van der Waals surface area contributed by atoms with E-state index in [4.69, 9.17) is 11.6 Å². The van der Waals surface area contributed by atoms with Crippen molar-refractivity contribution in [1.82, 2.24) is 9.71 Å². The summed E-state index contributed by atoms with van der Waals surface area (Å²) in [4.78, 5) is 6.13.